The van der Waals surface area contributed by atoms with Gasteiger partial charge < -0.3 is 20.3 Å². The highest BCUT2D eigenvalue weighted by Gasteiger charge is 2.20. The topological polar surface area (TPSA) is 66.5 Å². The average Bonchev–Trinajstić information content (AvgIpc) is 3.17. The number of thiazole rings is 1. The summed E-state index contributed by atoms with van der Waals surface area (Å²) in [7, 11) is 0. The SMILES string of the molecule is O=C(Nc1ccc(CC2CNCCO2)cc1N1CCCCC1)c1csc(Br)n1. The lowest BCUT2D eigenvalue weighted by atomic mass is 10.0. The van der Waals surface area contributed by atoms with Crippen molar-refractivity contribution in [2.24, 2.45) is 0 Å². The maximum Gasteiger partial charge on any atom is 0.275 e. The number of carbonyl (C=O) groups is 1. The summed E-state index contributed by atoms with van der Waals surface area (Å²) in [4.78, 5) is 19.2. The first-order chi connectivity index (χ1) is 13.7. The number of carbonyl (C=O) groups excluding carboxylic acids is 1. The van der Waals surface area contributed by atoms with Crippen LogP contribution in [0.3, 0.4) is 0 Å². The van der Waals surface area contributed by atoms with Gasteiger partial charge in [0.05, 0.1) is 24.1 Å². The number of piperidine rings is 1. The summed E-state index contributed by atoms with van der Waals surface area (Å²) in [6.45, 7) is 4.62. The molecule has 8 heteroatoms. The molecule has 28 heavy (non-hydrogen) atoms. The fraction of sp³-hybridized carbons (Fsp3) is 0.500. The van der Waals surface area contributed by atoms with Crippen LogP contribution in [0.1, 0.15) is 35.3 Å². The van der Waals surface area contributed by atoms with Crippen LogP contribution in [0.5, 0.6) is 0 Å². The molecule has 1 amide bonds. The van der Waals surface area contributed by atoms with E-state index in [2.05, 4.69) is 48.6 Å². The molecular formula is C20H25BrN4O2S. The molecule has 0 saturated carbocycles. The second-order valence-corrected chi connectivity index (χ2v) is 9.37. The summed E-state index contributed by atoms with van der Waals surface area (Å²) in [6, 6.07) is 6.34. The van der Waals surface area contributed by atoms with E-state index in [1.165, 1.54) is 36.2 Å². The fourth-order valence-corrected chi connectivity index (χ4v) is 4.75. The first-order valence-corrected chi connectivity index (χ1v) is 11.5. The summed E-state index contributed by atoms with van der Waals surface area (Å²) in [5.74, 6) is -0.173. The van der Waals surface area contributed by atoms with Crippen molar-refractivity contribution in [3.05, 3.63) is 38.8 Å². The fourth-order valence-electron chi connectivity index (χ4n) is 3.76. The van der Waals surface area contributed by atoms with E-state index in [0.29, 0.717) is 9.61 Å². The van der Waals surface area contributed by atoms with E-state index >= 15 is 0 Å². The molecule has 150 valence electrons. The van der Waals surface area contributed by atoms with Gasteiger partial charge in [-0.2, -0.15) is 0 Å². The summed E-state index contributed by atoms with van der Waals surface area (Å²) >= 11 is 4.73. The Hall–Kier alpha value is -1.48. The van der Waals surface area contributed by atoms with Crippen LogP contribution >= 0.6 is 27.3 Å². The van der Waals surface area contributed by atoms with Crippen LogP contribution in [-0.2, 0) is 11.2 Å². The van der Waals surface area contributed by atoms with E-state index < -0.39 is 0 Å². The molecular weight excluding hydrogens is 440 g/mol. The molecule has 0 aliphatic carbocycles. The number of anilines is 2. The van der Waals surface area contributed by atoms with Crippen LogP contribution in [0, 0.1) is 0 Å². The number of hydrogen-bond donors (Lipinski definition) is 2. The van der Waals surface area contributed by atoms with Gasteiger partial charge >= 0.3 is 0 Å². The van der Waals surface area contributed by atoms with Crippen LogP contribution in [0.25, 0.3) is 0 Å². The van der Waals surface area contributed by atoms with Crippen molar-refractivity contribution in [3.8, 4) is 0 Å². The highest BCUT2D eigenvalue weighted by atomic mass is 79.9. The molecule has 0 radical (unpaired) electrons. The average molecular weight is 465 g/mol. The van der Waals surface area contributed by atoms with Gasteiger partial charge in [0, 0.05) is 31.6 Å². The van der Waals surface area contributed by atoms with E-state index in [9.17, 15) is 4.79 Å². The molecule has 1 unspecified atom stereocenters. The number of nitrogens with one attached hydrogen (secondary N) is 2. The van der Waals surface area contributed by atoms with E-state index in [1.54, 1.807) is 5.38 Å². The molecule has 2 aliphatic rings. The number of benzene rings is 1. The van der Waals surface area contributed by atoms with Crippen molar-refractivity contribution in [2.45, 2.75) is 31.8 Å². The van der Waals surface area contributed by atoms with Gasteiger partial charge in [-0.1, -0.05) is 6.07 Å². The smallest absolute Gasteiger partial charge is 0.275 e. The lowest BCUT2D eigenvalue weighted by Gasteiger charge is -2.31. The molecule has 1 aromatic carbocycles. The minimum atomic E-state index is -0.173. The highest BCUT2D eigenvalue weighted by molar-refractivity contribution is 9.11. The Morgan fingerprint density at radius 1 is 1.36 bits per heavy atom. The van der Waals surface area contributed by atoms with Crippen molar-refractivity contribution >= 4 is 44.5 Å². The third-order valence-electron chi connectivity index (χ3n) is 5.18. The monoisotopic (exact) mass is 464 g/mol. The predicted molar refractivity (Wildman–Crippen MR) is 117 cm³/mol. The number of nitrogens with zero attached hydrogens (tertiary/aromatic N) is 2. The Labute approximate surface area is 177 Å². The summed E-state index contributed by atoms with van der Waals surface area (Å²) in [5, 5.41) is 8.22. The van der Waals surface area contributed by atoms with E-state index in [-0.39, 0.29) is 12.0 Å². The Bertz CT molecular complexity index is 816. The van der Waals surface area contributed by atoms with E-state index in [0.717, 1.165) is 50.6 Å². The van der Waals surface area contributed by atoms with Gasteiger partial charge in [0.2, 0.25) is 0 Å². The lowest BCUT2D eigenvalue weighted by Crippen LogP contribution is -2.39. The van der Waals surface area contributed by atoms with Crippen LogP contribution in [0.2, 0.25) is 0 Å². The van der Waals surface area contributed by atoms with Gasteiger partial charge in [-0.05, 0) is 59.3 Å². The Morgan fingerprint density at radius 3 is 2.93 bits per heavy atom. The molecule has 0 bridgehead atoms. The Kier molecular flexibility index (Phi) is 6.61. The lowest BCUT2D eigenvalue weighted by molar-refractivity contribution is 0.0292. The van der Waals surface area contributed by atoms with Gasteiger partial charge in [0.1, 0.15) is 5.69 Å². The Morgan fingerprint density at radius 2 is 2.21 bits per heavy atom. The summed E-state index contributed by atoms with van der Waals surface area (Å²) < 4.78 is 6.58. The molecule has 0 spiro atoms. The molecule has 1 atom stereocenters. The largest absolute Gasteiger partial charge is 0.375 e. The molecule has 4 rings (SSSR count). The van der Waals surface area contributed by atoms with Gasteiger partial charge in [-0.3, -0.25) is 4.79 Å². The normalized spacial score (nSPS) is 20.2. The molecule has 2 saturated heterocycles. The van der Waals surface area contributed by atoms with Crippen LogP contribution in [-0.4, -0.2) is 49.8 Å². The number of halogens is 1. The van der Waals surface area contributed by atoms with Crippen LogP contribution < -0.4 is 15.5 Å². The zero-order valence-corrected chi connectivity index (χ0v) is 18.2. The molecule has 6 nitrogen and oxygen atoms in total. The summed E-state index contributed by atoms with van der Waals surface area (Å²) in [6.07, 6.45) is 4.72. The molecule has 3 heterocycles. The summed E-state index contributed by atoms with van der Waals surface area (Å²) in [5.41, 5.74) is 3.63. The third kappa shape index (κ3) is 4.92. The Balaban J connectivity index is 1.55. The van der Waals surface area contributed by atoms with Gasteiger partial charge in [-0.15, -0.1) is 11.3 Å². The molecule has 2 N–H and O–H groups in total. The second kappa shape index (κ2) is 9.35. The van der Waals surface area contributed by atoms with Crippen molar-refractivity contribution in [3.63, 3.8) is 0 Å². The van der Waals surface area contributed by atoms with Crippen molar-refractivity contribution in [1.29, 1.82) is 0 Å². The second-order valence-electron chi connectivity index (χ2n) is 7.24. The number of rotatable bonds is 5. The van der Waals surface area contributed by atoms with E-state index in [1.807, 2.05) is 6.07 Å². The van der Waals surface area contributed by atoms with Crippen LogP contribution in [0.4, 0.5) is 11.4 Å². The minimum absolute atomic E-state index is 0.173. The molecule has 1 aromatic heterocycles. The first kappa shape index (κ1) is 19.8. The molecule has 2 aromatic rings. The maximum atomic E-state index is 12.6. The zero-order valence-electron chi connectivity index (χ0n) is 15.7. The minimum Gasteiger partial charge on any atom is -0.375 e. The van der Waals surface area contributed by atoms with Crippen molar-refractivity contribution < 1.29 is 9.53 Å². The van der Waals surface area contributed by atoms with Gasteiger partial charge in [0.25, 0.3) is 5.91 Å². The van der Waals surface area contributed by atoms with Crippen LogP contribution in [0.15, 0.2) is 27.5 Å². The quantitative estimate of drug-likeness (QED) is 0.706. The van der Waals surface area contributed by atoms with Crippen molar-refractivity contribution in [1.82, 2.24) is 10.3 Å². The zero-order chi connectivity index (χ0) is 19.3. The van der Waals surface area contributed by atoms with Gasteiger partial charge in [-0.25, -0.2) is 4.98 Å². The molecule has 2 fully saturated rings. The number of amides is 1. The van der Waals surface area contributed by atoms with E-state index in [4.69, 9.17) is 4.74 Å². The highest BCUT2D eigenvalue weighted by Crippen LogP contribution is 2.31. The third-order valence-corrected chi connectivity index (χ3v) is 6.55. The maximum absolute atomic E-state index is 12.6. The standard InChI is InChI=1S/C20H25BrN4O2S/c21-20-24-17(13-28-20)19(26)23-16-5-4-14(10-15-12-22-6-9-27-15)11-18(16)25-7-2-1-3-8-25/h4-5,11,13,15,22H,1-3,6-10,12H2,(H,23,26). The number of hydrogen-bond acceptors (Lipinski definition) is 6. The van der Waals surface area contributed by atoms with Gasteiger partial charge in [0.15, 0.2) is 3.92 Å². The predicted octanol–water partition coefficient (Wildman–Crippen LogP) is 3.68. The molecule has 2 aliphatic heterocycles. The number of aromatic nitrogens is 1. The number of morpholine rings is 1. The van der Waals surface area contributed by atoms with Crippen molar-refractivity contribution in [2.75, 3.05) is 43.0 Å². The number of ether oxygens (including phenoxy) is 1. The first-order valence-electron chi connectivity index (χ1n) is 9.81.